The molecule has 0 saturated carbocycles. The minimum absolute atomic E-state index is 0.898. The molecule has 88 valence electrons. The Labute approximate surface area is 102 Å². The van der Waals surface area contributed by atoms with E-state index in [0.29, 0.717) is 0 Å². The zero-order chi connectivity index (χ0) is 11.4. The first-order valence-corrected chi connectivity index (χ1v) is 7.06. The highest BCUT2D eigenvalue weighted by atomic mass is 32.2. The van der Waals surface area contributed by atoms with E-state index in [1.54, 1.807) is 0 Å². The largest absolute Gasteiger partial charge is 0.399 e. The van der Waals surface area contributed by atoms with Crippen LogP contribution in [0.3, 0.4) is 0 Å². The minimum atomic E-state index is 0.898. The van der Waals surface area contributed by atoms with Gasteiger partial charge in [0.2, 0.25) is 0 Å². The molecule has 2 N–H and O–H groups in total. The van der Waals surface area contributed by atoms with Crippen LogP contribution >= 0.6 is 11.8 Å². The second kappa shape index (κ2) is 5.60. The Morgan fingerprint density at radius 1 is 1.31 bits per heavy atom. The van der Waals surface area contributed by atoms with Crippen LogP contribution in [0.25, 0.3) is 0 Å². The van der Waals surface area contributed by atoms with E-state index in [1.165, 1.54) is 42.1 Å². The van der Waals surface area contributed by atoms with Crippen molar-refractivity contribution in [2.24, 2.45) is 0 Å². The second-order valence-corrected chi connectivity index (χ2v) is 5.66. The molecule has 2 nitrogen and oxygen atoms in total. The molecule has 1 saturated heterocycles. The van der Waals surface area contributed by atoms with E-state index in [4.69, 9.17) is 5.73 Å². The van der Waals surface area contributed by atoms with Gasteiger partial charge in [-0.1, -0.05) is 12.1 Å². The number of nitrogen functional groups attached to an aromatic ring is 1. The Morgan fingerprint density at radius 3 is 3.00 bits per heavy atom. The Kier molecular flexibility index (Phi) is 4.13. The molecule has 16 heavy (non-hydrogen) atoms. The summed E-state index contributed by atoms with van der Waals surface area (Å²) in [5, 5.41) is 0. The smallest absolute Gasteiger partial charge is 0.0343 e. The fourth-order valence-electron chi connectivity index (χ4n) is 2.05. The maximum Gasteiger partial charge on any atom is 0.0343 e. The summed E-state index contributed by atoms with van der Waals surface area (Å²) >= 11 is 2.07. The molecule has 3 heteroatoms. The number of nitrogens with two attached hydrogens (primary N) is 1. The highest BCUT2D eigenvalue weighted by Crippen LogP contribution is 2.16. The Bertz CT molecular complexity index is 344. The predicted molar refractivity (Wildman–Crippen MR) is 72.8 cm³/mol. The summed E-state index contributed by atoms with van der Waals surface area (Å²) in [6.07, 6.45) is 1.32. The SMILES string of the molecule is Cc1cc(CN2CCCSCC2)ccc1N. The first-order chi connectivity index (χ1) is 7.75. The van der Waals surface area contributed by atoms with Gasteiger partial charge in [-0.25, -0.2) is 0 Å². The molecule has 1 heterocycles. The molecule has 1 aromatic carbocycles. The lowest BCUT2D eigenvalue weighted by Gasteiger charge is -2.19. The number of hydrogen-bond acceptors (Lipinski definition) is 3. The molecule has 0 aromatic heterocycles. The first-order valence-electron chi connectivity index (χ1n) is 5.91. The topological polar surface area (TPSA) is 29.3 Å². The van der Waals surface area contributed by atoms with E-state index in [-0.39, 0.29) is 0 Å². The molecule has 0 aliphatic carbocycles. The van der Waals surface area contributed by atoms with Crippen molar-refractivity contribution >= 4 is 17.4 Å². The van der Waals surface area contributed by atoms with Gasteiger partial charge in [0.25, 0.3) is 0 Å². The fourth-order valence-corrected chi connectivity index (χ4v) is 2.97. The van der Waals surface area contributed by atoms with Crippen LogP contribution in [0.5, 0.6) is 0 Å². The van der Waals surface area contributed by atoms with Crippen molar-refractivity contribution in [3.05, 3.63) is 29.3 Å². The monoisotopic (exact) mass is 236 g/mol. The Balaban J connectivity index is 1.99. The molecule has 1 aromatic rings. The summed E-state index contributed by atoms with van der Waals surface area (Å²) in [5.41, 5.74) is 9.31. The number of thioether (sulfide) groups is 1. The van der Waals surface area contributed by atoms with Crippen molar-refractivity contribution in [2.75, 3.05) is 30.3 Å². The lowest BCUT2D eigenvalue weighted by molar-refractivity contribution is 0.287. The third kappa shape index (κ3) is 3.16. The molecule has 1 fully saturated rings. The summed E-state index contributed by atoms with van der Waals surface area (Å²) in [6, 6.07) is 6.39. The van der Waals surface area contributed by atoms with Crippen LogP contribution in [0.1, 0.15) is 17.5 Å². The molecular weight excluding hydrogens is 216 g/mol. The first kappa shape index (κ1) is 11.8. The number of rotatable bonds is 2. The van der Waals surface area contributed by atoms with Crippen LogP contribution in [-0.4, -0.2) is 29.5 Å². The molecule has 2 rings (SSSR count). The van der Waals surface area contributed by atoms with Crippen LogP contribution in [0.2, 0.25) is 0 Å². The van der Waals surface area contributed by atoms with Crippen molar-refractivity contribution in [1.82, 2.24) is 4.90 Å². The van der Waals surface area contributed by atoms with Gasteiger partial charge in [-0.15, -0.1) is 0 Å². The van der Waals surface area contributed by atoms with Crippen LogP contribution in [0, 0.1) is 6.92 Å². The summed E-state index contributed by atoms with van der Waals surface area (Å²) in [7, 11) is 0. The molecule has 1 aliphatic heterocycles. The average Bonchev–Trinajstić information content (AvgIpc) is 2.52. The maximum atomic E-state index is 5.83. The van der Waals surface area contributed by atoms with Crippen LogP contribution in [-0.2, 0) is 6.54 Å². The average molecular weight is 236 g/mol. The number of nitrogens with zero attached hydrogens (tertiary/aromatic N) is 1. The fraction of sp³-hybridized carbons (Fsp3) is 0.538. The molecule has 1 aliphatic rings. The van der Waals surface area contributed by atoms with Crippen LogP contribution in [0.4, 0.5) is 5.69 Å². The third-order valence-corrected chi connectivity index (χ3v) is 4.10. The minimum Gasteiger partial charge on any atom is -0.399 e. The molecule has 0 spiro atoms. The summed E-state index contributed by atoms with van der Waals surface area (Å²) < 4.78 is 0. The summed E-state index contributed by atoms with van der Waals surface area (Å²) in [4.78, 5) is 2.55. The van der Waals surface area contributed by atoms with E-state index >= 15 is 0 Å². The normalized spacial score (nSPS) is 18.3. The van der Waals surface area contributed by atoms with E-state index in [0.717, 1.165) is 12.2 Å². The van der Waals surface area contributed by atoms with Gasteiger partial charge in [0.1, 0.15) is 0 Å². The van der Waals surface area contributed by atoms with Gasteiger partial charge in [0.15, 0.2) is 0 Å². The van der Waals surface area contributed by atoms with Gasteiger partial charge >= 0.3 is 0 Å². The van der Waals surface area contributed by atoms with Crippen molar-refractivity contribution in [2.45, 2.75) is 19.9 Å². The van der Waals surface area contributed by atoms with Gasteiger partial charge in [-0.3, -0.25) is 4.90 Å². The lowest BCUT2D eigenvalue weighted by atomic mass is 10.1. The van der Waals surface area contributed by atoms with Gasteiger partial charge in [-0.2, -0.15) is 11.8 Å². The van der Waals surface area contributed by atoms with Crippen molar-refractivity contribution in [3.63, 3.8) is 0 Å². The maximum absolute atomic E-state index is 5.83. The summed E-state index contributed by atoms with van der Waals surface area (Å²) in [6.45, 7) is 5.60. The van der Waals surface area contributed by atoms with Crippen LogP contribution < -0.4 is 5.73 Å². The van der Waals surface area contributed by atoms with Crippen molar-refractivity contribution < 1.29 is 0 Å². The van der Waals surface area contributed by atoms with Gasteiger partial charge in [0.05, 0.1) is 0 Å². The summed E-state index contributed by atoms with van der Waals surface area (Å²) in [5.74, 6) is 2.59. The molecule has 0 atom stereocenters. The zero-order valence-corrected chi connectivity index (χ0v) is 10.7. The highest BCUT2D eigenvalue weighted by Gasteiger charge is 2.09. The predicted octanol–water partition coefficient (Wildman–Crippen LogP) is 2.52. The molecule has 0 amide bonds. The highest BCUT2D eigenvalue weighted by molar-refractivity contribution is 7.99. The molecule has 0 bridgehead atoms. The molecule has 0 radical (unpaired) electrons. The van der Waals surface area contributed by atoms with Crippen LogP contribution in [0.15, 0.2) is 18.2 Å². The van der Waals surface area contributed by atoms with E-state index < -0.39 is 0 Å². The van der Waals surface area contributed by atoms with Gasteiger partial charge in [0, 0.05) is 24.5 Å². The van der Waals surface area contributed by atoms with Gasteiger partial charge < -0.3 is 5.73 Å². The second-order valence-electron chi connectivity index (χ2n) is 4.43. The van der Waals surface area contributed by atoms with Crippen molar-refractivity contribution in [3.8, 4) is 0 Å². The quantitative estimate of drug-likeness (QED) is 0.800. The van der Waals surface area contributed by atoms with E-state index in [9.17, 15) is 0 Å². The van der Waals surface area contributed by atoms with E-state index in [2.05, 4.69) is 35.7 Å². The number of aryl methyl sites for hydroxylation is 1. The van der Waals surface area contributed by atoms with Crippen molar-refractivity contribution in [1.29, 1.82) is 0 Å². The lowest BCUT2D eigenvalue weighted by Crippen LogP contribution is -2.25. The number of benzene rings is 1. The Hall–Kier alpha value is -0.670. The number of hydrogen-bond donors (Lipinski definition) is 1. The molecule has 0 unspecified atom stereocenters. The Morgan fingerprint density at radius 2 is 2.19 bits per heavy atom. The third-order valence-electron chi connectivity index (χ3n) is 3.06. The van der Waals surface area contributed by atoms with Gasteiger partial charge in [-0.05, 0) is 42.8 Å². The number of anilines is 1. The zero-order valence-electron chi connectivity index (χ0n) is 9.91. The molecular formula is C13H20N2S. The standard InChI is InChI=1S/C13H20N2S/c1-11-9-12(3-4-13(11)14)10-15-5-2-7-16-8-6-15/h3-4,9H,2,5-8,10,14H2,1H3. The van der Waals surface area contributed by atoms with E-state index in [1.807, 2.05) is 6.07 Å².